The normalized spacial score (nSPS) is 11.0. The zero-order valence-electron chi connectivity index (χ0n) is 18.7. The Morgan fingerprint density at radius 1 is 1.00 bits per heavy atom. The number of hydrogen-bond donors (Lipinski definition) is 2. The molecule has 0 unspecified atom stereocenters. The molecular weight excluding hydrogens is 424 g/mol. The fourth-order valence-corrected chi connectivity index (χ4v) is 4.04. The summed E-state index contributed by atoms with van der Waals surface area (Å²) >= 11 is 0. The maximum atomic E-state index is 12.4. The van der Waals surface area contributed by atoms with Crippen LogP contribution in [0.3, 0.4) is 0 Å². The topological polar surface area (TPSA) is 102 Å². The van der Waals surface area contributed by atoms with E-state index in [1.807, 2.05) is 24.3 Å². The minimum Gasteiger partial charge on any atom is -0.354 e. The minimum absolute atomic E-state index is 0.0915. The molecule has 3 heterocycles. The number of benzene rings is 2. The predicted octanol–water partition coefficient (Wildman–Crippen LogP) is 2.64. The van der Waals surface area contributed by atoms with Gasteiger partial charge in [-0.1, -0.05) is 42.5 Å². The van der Waals surface area contributed by atoms with E-state index in [-0.39, 0.29) is 12.5 Å². The number of carbonyl (C=O) groups is 1. The molecule has 7 nitrogen and oxygen atoms in total. The monoisotopic (exact) mass is 450 g/mol. The summed E-state index contributed by atoms with van der Waals surface area (Å²) in [4.78, 5) is 24.6. The van der Waals surface area contributed by atoms with Gasteiger partial charge >= 0.3 is 0 Å². The van der Waals surface area contributed by atoms with Crippen LogP contribution in [0.1, 0.15) is 11.3 Å². The second-order valence-corrected chi connectivity index (χ2v) is 8.10. The molecule has 0 aliphatic carbocycles. The average molecular weight is 451 g/mol. The number of hydrogen-bond acceptors (Lipinski definition) is 3. The van der Waals surface area contributed by atoms with Crippen molar-refractivity contribution in [3.8, 4) is 22.4 Å². The molecule has 5 rings (SSSR count). The standard InChI is InChI=1S/C27H24N6O/c28-15-19-6-8-21(9-7-19)27-22(20-4-2-1-3-5-20)14-23-24(32-27)10-11-30-25(23)16-31-26(34)17-33-13-12-29-18-33/h1-14,18H,15-17,28H2,(H,31,34)/p+2. The molecule has 5 N–H and O–H groups in total. The highest BCUT2D eigenvalue weighted by molar-refractivity contribution is 5.89. The summed E-state index contributed by atoms with van der Waals surface area (Å²) in [5.41, 5.74) is 11.3. The number of nitrogens with zero attached hydrogens (tertiary/aromatic N) is 3. The predicted molar refractivity (Wildman–Crippen MR) is 130 cm³/mol. The fraction of sp³-hybridized carbons (Fsp3) is 0.111. The fourth-order valence-electron chi connectivity index (χ4n) is 4.04. The first-order valence-corrected chi connectivity index (χ1v) is 11.2. The molecule has 2 aromatic carbocycles. The summed E-state index contributed by atoms with van der Waals surface area (Å²) in [6.07, 6.45) is 6.82. The van der Waals surface area contributed by atoms with Crippen LogP contribution in [0.4, 0.5) is 0 Å². The number of H-pyrrole nitrogens is 1. The first-order valence-electron chi connectivity index (χ1n) is 11.2. The third kappa shape index (κ3) is 4.55. The van der Waals surface area contributed by atoms with Crippen LogP contribution < -0.4 is 16.0 Å². The van der Waals surface area contributed by atoms with Crippen LogP contribution in [-0.4, -0.2) is 20.4 Å². The number of aromatic nitrogens is 4. The van der Waals surface area contributed by atoms with Crippen molar-refractivity contribution in [1.82, 2.24) is 19.9 Å². The summed E-state index contributed by atoms with van der Waals surface area (Å²) < 4.78 is 1.74. The van der Waals surface area contributed by atoms with Crippen molar-refractivity contribution in [3.63, 3.8) is 0 Å². The van der Waals surface area contributed by atoms with E-state index in [0.717, 1.165) is 45.5 Å². The van der Waals surface area contributed by atoms with E-state index in [4.69, 9.17) is 0 Å². The van der Waals surface area contributed by atoms with E-state index in [1.54, 1.807) is 29.5 Å². The lowest BCUT2D eigenvalue weighted by Crippen LogP contribution is -2.47. The molecule has 0 atom stereocenters. The van der Waals surface area contributed by atoms with Gasteiger partial charge in [-0.25, -0.2) is 9.97 Å². The van der Waals surface area contributed by atoms with Crippen molar-refractivity contribution in [3.05, 3.63) is 103 Å². The summed E-state index contributed by atoms with van der Waals surface area (Å²) in [7, 11) is 0. The number of nitrogens with one attached hydrogen (secondary N) is 2. The van der Waals surface area contributed by atoms with E-state index in [2.05, 4.69) is 68.5 Å². The Morgan fingerprint density at radius 3 is 2.56 bits per heavy atom. The Bertz CT molecular complexity index is 1410. The van der Waals surface area contributed by atoms with E-state index in [0.29, 0.717) is 6.54 Å². The van der Waals surface area contributed by atoms with Crippen LogP contribution >= 0.6 is 0 Å². The number of fused-ring (bicyclic) bond motifs is 1. The Labute approximate surface area is 197 Å². The summed E-state index contributed by atoms with van der Waals surface area (Å²) in [6, 6.07) is 22.9. The molecular formula is C27H26N6O+2. The van der Waals surface area contributed by atoms with Crippen LogP contribution in [-0.2, 0) is 24.4 Å². The summed E-state index contributed by atoms with van der Waals surface area (Å²) in [5, 5.41) is 3.95. The number of carbonyl (C=O) groups excluding carboxylic acids is 1. The molecule has 0 aliphatic rings. The highest BCUT2D eigenvalue weighted by atomic mass is 16.1. The van der Waals surface area contributed by atoms with Gasteiger partial charge in [-0.05, 0) is 23.8 Å². The molecule has 168 valence electrons. The van der Waals surface area contributed by atoms with Gasteiger partial charge in [0.2, 0.25) is 17.1 Å². The largest absolute Gasteiger partial charge is 0.354 e. The van der Waals surface area contributed by atoms with Crippen molar-refractivity contribution in [2.24, 2.45) is 0 Å². The molecule has 0 bridgehead atoms. The van der Waals surface area contributed by atoms with Gasteiger partial charge in [0.05, 0.1) is 36.1 Å². The first-order chi connectivity index (χ1) is 16.7. The molecule has 5 aromatic rings. The van der Waals surface area contributed by atoms with Gasteiger partial charge in [-0.3, -0.25) is 9.78 Å². The van der Waals surface area contributed by atoms with Gasteiger partial charge in [0.25, 0.3) is 0 Å². The summed E-state index contributed by atoms with van der Waals surface area (Å²) in [5.74, 6) is -0.0915. The second-order valence-electron chi connectivity index (χ2n) is 8.10. The quantitative estimate of drug-likeness (QED) is 0.399. The van der Waals surface area contributed by atoms with Crippen molar-refractivity contribution in [1.29, 1.82) is 0 Å². The number of amides is 1. The number of aromatic amines is 1. The van der Waals surface area contributed by atoms with Gasteiger partial charge in [0.15, 0.2) is 0 Å². The molecule has 0 radical (unpaired) electrons. The number of quaternary nitrogens is 1. The van der Waals surface area contributed by atoms with E-state index >= 15 is 0 Å². The zero-order chi connectivity index (χ0) is 23.3. The Balaban J connectivity index is 1.54. The van der Waals surface area contributed by atoms with Gasteiger partial charge in [0, 0.05) is 35.8 Å². The molecule has 0 aliphatic heterocycles. The molecule has 34 heavy (non-hydrogen) atoms. The lowest BCUT2D eigenvalue weighted by Gasteiger charge is -2.10. The van der Waals surface area contributed by atoms with Crippen LogP contribution in [0.15, 0.2) is 91.6 Å². The first kappa shape index (κ1) is 21.5. The Kier molecular flexibility index (Phi) is 6.09. The lowest BCUT2D eigenvalue weighted by atomic mass is 9.96. The molecule has 0 fully saturated rings. The van der Waals surface area contributed by atoms with E-state index in [1.165, 1.54) is 5.56 Å². The Morgan fingerprint density at radius 2 is 1.82 bits per heavy atom. The number of pyridine rings is 2. The third-order valence-corrected chi connectivity index (χ3v) is 5.84. The maximum absolute atomic E-state index is 12.4. The highest BCUT2D eigenvalue weighted by Gasteiger charge is 2.19. The average Bonchev–Trinajstić information content (AvgIpc) is 3.40. The van der Waals surface area contributed by atoms with Crippen LogP contribution in [0.2, 0.25) is 0 Å². The second kappa shape index (κ2) is 9.64. The van der Waals surface area contributed by atoms with Crippen LogP contribution in [0.5, 0.6) is 0 Å². The highest BCUT2D eigenvalue weighted by Crippen LogP contribution is 2.31. The van der Waals surface area contributed by atoms with E-state index in [9.17, 15) is 4.79 Å². The van der Waals surface area contributed by atoms with E-state index < -0.39 is 0 Å². The molecule has 1 amide bonds. The summed E-state index contributed by atoms with van der Waals surface area (Å²) in [6.45, 7) is 1.32. The van der Waals surface area contributed by atoms with Gasteiger partial charge in [-0.15, -0.1) is 0 Å². The smallest absolute Gasteiger partial charge is 0.240 e. The van der Waals surface area contributed by atoms with Gasteiger partial charge < -0.3 is 15.6 Å². The van der Waals surface area contributed by atoms with Gasteiger partial charge in [0.1, 0.15) is 6.54 Å². The third-order valence-electron chi connectivity index (χ3n) is 5.84. The molecule has 3 aromatic heterocycles. The number of rotatable bonds is 7. The van der Waals surface area contributed by atoms with Crippen molar-refractivity contribution in [2.75, 3.05) is 0 Å². The van der Waals surface area contributed by atoms with Gasteiger partial charge in [-0.2, -0.15) is 0 Å². The Hall–Kier alpha value is -4.36. The van der Waals surface area contributed by atoms with Crippen molar-refractivity contribution >= 4 is 16.8 Å². The lowest BCUT2D eigenvalue weighted by molar-refractivity contribution is -0.386. The SMILES string of the molecule is [NH3+]Cc1ccc(-c2[nH+]c3ccnc(CNC(=O)Cn4ccnc4)c3cc2-c2ccccc2)cc1. The molecule has 0 saturated carbocycles. The molecule has 7 heteroatoms. The number of imidazole rings is 1. The molecule has 0 spiro atoms. The molecule has 0 saturated heterocycles. The minimum atomic E-state index is -0.0915. The van der Waals surface area contributed by atoms with Crippen molar-refractivity contribution < 1.29 is 15.5 Å². The van der Waals surface area contributed by atoms with Crippen LogP contribution in [0.25, 0.3) is 33.3 Å². The maximum Gasteiger partial charge on any atom is 0.240 e. The zero-order valence-corrected chi connectivity index (χ0v) is 18.7. The van der Waals surface area contributed by atoms with Crippen LogP contribution in [0, 0.1) is 0 Å². The van der Waals surface area contributed by atoms with Crippen molar-refractivity contribution in [2.45, 2.75) is 19.6 Å².